The van der Waals surface area contributed by atoms with E-state index in [4.69, 9.17) is 5.73 Å². The highest BCUT2D eigenvalue weighted by Crippen LogP contribution is 2.23. The number of likely N-dealkylation sites (tertiary alicyclic amines) is 1. The fourth-order valence-corrected chi connectivity index (χ4v) is 2.95. The lowest BCUT2D eigenvalue weighted by Crippen LogP contribution is -2.35. The second-order valence-corrected chi connectivity index (χ2v) is 5.56. The third kappa shape index (κ3) is 2.67. The van der Waals surface area contributed by atoms with Gasteiger partial charge < -0.3 is 5.73 Å². The van der Waals surface area contributed by atoms with Crippen molar-refractivity contribution in [3.8, 4) is 0 Å². The molecule has 3 rings (SSSR count). The van der Waals surface area contributed by atoms with E-state index in [1.165, 1.54) is 0 Å². The molecule has 2 aromatic rings. The van der Waals surface area contributed by atoms with E-state index < -0.39 is 0 Å². The molecular weight excluding hydrogens is 253 g/mol. The highest BCUT2D eigenvalue weighted by molar-refractivity contribution is 5.82. The van der Waals surface area contributed by atoms with Crippen molar-refractivity contribution in [3.63, 3.8) is 0 Å². The lowest BCUT2D eigenvalue weighted by atomic mass is 9.96. The first-order valence-corrected chi connectivity index (χ1v) is 7.22. The summed E-state index contributed by atoms with van der Waals surface area (Å²) in [6.45, 7) is 3.75. The van der Waals surface area contributed by atoms with E-state index in [0.717, 1.165) is 50.1 Å². The molecule has 0 radical (unpaired) electrons. The number of rotatable bonds is 3. The normalized spacial score (nSPS) is 17.7. The maximum absolute atomic E-state index is 13.8. The first-order chi connectivity index (χ1) is 9.78. The molecule has 2 N–H and O–H groups in total. The second-order valence-electron chi connectivity index (χ2n) is 5.56. The Morgan fingerprint density at radius 2 is 2.05 bits per heavy atom. The number of pyridine rings is 1. The van der Waals surface area contributed by atoms with E-state index in [2.05, 4.69) is 9.88 Å². The fourth-order valence-electron chi connectivity index (χ4n) is 2.95. The van der Waals surface area contributed by atoms with Gasteiger partial charge in [-0.1, -0.05) is 6.07 Å². The zero-order valence-corrected chi connectivity index (χ0v) is 11.6. The molecule has 4 heteroatoms. The lowest BCUT2D eigenvalue weighted by molar-refractivity contribution is 0.181. The predicted octanol–water partition coefficient (Wildman–Crippen LogP) is 2.54. The average Bonchev–Trinajstić information content (AvgIpc) is 2.51. The largest absolute Gasteiger partial charge is 0.330 e. The maximum Gasteiger partial charge on any atom is 0.132 e. The molecular formula is C16H20FN3. The van der Waals surface area contributed by atoms with Crippen molar-refractivity contribution in [2.75, 3.05) is 19.6 Å². The summed E-state index contributed by atoms with van der Waals surface area (Å²) >= 11 is 0. The SMILES string of the molecule is NCC1CCN(Cc2ccc(F)c3cccnc23)CC1. The van der Waals surface area contributed by atoms with Crippen LogP contribution in [0.5, 0.6) is 0 Å². The third-order valence-corrected chi connectivity index (χ3v) is 4.23. The van der Waals surface area contributed by atoms with Gasteiger partial charge in [0.1, 0.15) is 5.82 Å². The molecule has 0 saturated carbocycles. The zero-order chi connectivity index (χ0) is 13.9. The second kappa shape index (κ2) is 5.85. The number of halogens is 1. The Balaban J connectivity index is 1.80. The average molecular weight is 273 g/mol. The van der Waals surface area contributed by atoms with Crippen LogP contribution >= 0.6 is 0 Å². The van der Waals surface area contributed by atoms with Gasteiger partial charge in [-0.3, -0.25) is 9.88 Å². The molecule has 2 heterocycles. The number of benzene rings is 1. The Hall–Kier alpha value is -1.52. The van der Waals surface area contributed by atoms with E-state index in [-0.39, 0.29) is 5.82 Å². The molecule has 20 heavy (non-hydrogen) atoms. The van der Waals surface area contributed by atoms with Gasteiger partial charge in [-0.05, 0) is 62.2 Å². The van der Waals surface area contributed by atoms with Gasteiger partial charge >= 0.3 is 0 Å². The molecule has 1 saturated heterocycles. The first kappa shape index (κ1) is 13.5. The standard InChI is InChI=1S/C16H20FN3/c17-15-4-3-13(16-14(15)2-1-7-19-16)11-20-8-5-12(10-18)6-9-20/h1-4,7,12H,5-6,8-11,18H2. The lowest BCUT2D eigenvalue weighted by Gasteiger charge is -2.31. The molecule has 0 bridgehead atoms. The number of hydrogen-bond donors (Lipinski definition) is 1. The van der Waals surface area contributed by atoms with Crippen molar-refractivity contribution in [3.05, 3.63) is 41.8 Å². The molecule has 106 valence electrons. The summed E-state index contributed by atoms with van der Waals surface area (Å²) < 4.78 is 13.8. The smallest absolute Gasteiger partial charge is 0.132 e. The quantitative estimate of drug-likeness (QED) is 0.934. The van der Waals surface area contributed by atoms with Gasteiger partial charge in [-0.25, -0.2) is 4.39 Å². The van der Waals surface area contributed by atoms with Crippen LogP contribution in [0.25, 0.3) is 10.9 Å². The predicted molar refractivity (Wildman–Crippen MR) is 78.8 cm³/mol. The molecule has 1 aliphatic rings. The van der Waals surface area contributed by atoms with Gasteiger partial charge in [0, 0.05) is 18.1 Å². The highest BCUT2D eigenvalue weighted by atomic mass is 19.1. The van der Waals surface area contributed by atoms with Crippen molar-refractivity contribution in [1.82, 2.24) is 9.88 Å². The van der Waals surface area contributed by atoms with Gasteiger partial charge in [0.15, 0.2) is 0 Å². The van der Waals surface area contributed by atoms with E-state index in [1.807, 2.05) is 6.07 Å². The van der Waals surface area contributed by atoms with E-state index >= 15 is 0 Å². The molecule has 1 aromatic carbocycles. The Morgan fingerprint density at radius 3 is 2.80 bits per heavy atom. The molecule has 0 unspecified atom stereocenters. The van der Waals surface area contributed by atoms with Crippen molar-refractivity contribution in [2.45, 2.75) is 19.4 Å². The number of nitrogens with two attached hydrogens (primary N) is 1. The Labute approximate surface area is 118 Å². The summed E-state index contributed by atoms with van der Waals surface area (Å²) in [6.07, 6.45) is 4.04. The summed E-state index contributed by atoms with van der Waals surface area (Å²) in [6, 6.07) is 6.98. The third-order valence-electron chi connectivity index (χ3n) is 4.23. The van der Waals surface area contributed by atoms with Gasteiger partial charge in [0.05, 0.1) is 5.52 Å². The van der Waals surface area contributed by atoms with Crippen LogP contribution in [0.3, 0.4) is 0 Å². The Morgan fingerprint density at radius 1 is 1.25 bits per heavy atom. The Kier molecular flexibility index (Phi) is 3.94. The van der Waals surface area contributed by atoms with Crippen LogP contribution in [0.15, 0.2) is 30.5 Å². The monoisotopic (exact) mass is 273 g/mol. The van der Waals surface area contributed by atoms with Crippen molar-refractivity contribution < 1.29 is 4.39 Å². The maximum atomic E-state index is 13.8. The van der Waals surface area contributed by atoms with Gasteiger partial charge in [-0.15, -0.1) is 0 Å². The number of nitrogens with zero attached hydrogens (tertiary/aromatic N) is 2. The topological polar surface area (TPSA) is 42.1 Å². The minimum Gasteiger partial charge on any atom is -0.330 e. The summed E-state index contributed by atoms with van der Waals surface area (Å²) in [7, 11) is 0. The van der Waals surface area contributed by atoms with Crippen LogP contribution in [-0.2, 0) is 6.54 Å². The molecule has 1 aromatic heterocycles. The van der Waals surface area contributed by atoms with E-state index in [9.17, 15) is 4.39 Å². The molecule has 1 fully saturated rings. The number of aromatic nitrogens is 1. The van der Waals surface area contributed by atoms with Crippen LogP contribution in [0.1, 0.15) is 18.4 Å². The molecule has 3 nitrogen and oxygen atoms in total. The molecule has 0 amide bonds. The van der Waals surface area contributed by atoms with Crippen LogP contribution < -0.4 is 5.73 Å². The van der Waals surface area contributed by atoms with Gasteiger partial charge in [0.25, 0.3) is 0 Å². The molecule has 0 aliphatic carbocycles. The van der Waals surface area contributed by atoms with Crippen LogP contribution in [0.4, 0.5) is 4.39 Å². The van der Waals surface area contributed by atoms with Gasteiger partial charge in [-0.2, -0.15) is 0 Å². The summed E-state index contributed by atoms with van der Waals surface area (Å²) in [5.74, 6) is 0.466. The van der Waals surface area contributed by atoms with Crippen molar-refractivity contribution >= 4 is 10.9 Å². The van der Waals surface area contributed by atoms with Crippen LogP contribution in [0.2, 0.25) is 0 Å². The minimum atomic E-state index is -0.196. The fraction of sp³-hybridized carbons (Fsp3) is 0.438. The minimum absolute atomic E-state index is 0.196. The Bertz CT molecular complexity index is 591. The molecule has 1 aliphatic heterocycles. The molecule has 0 atom stereocenters. The van der Waals surface area contributed by atoms with E-state index in [0.29, 0.717) is 11.3 Å². The first-order valence-electron chi connectivity index (χ1n) is 7.22. The number of hydrogen-bond acceptors (Lipinski definition) is 3. The zero-order valence-electron chi connectivity index (χ0n) is 11.6. The van der Waals surface area contributed by atoms with Crippen LogP contribution in [0, 0.1) is 11.7 Å². The summed E-state index contributed by atoms with van der Waals surface area (Å²) in [4.78, 5) is 6.76. The summed E-state index contributed by atoms with van der Waals surface area (Å²) in [5, 5.41) is 0.613. The van der Waals surface area contributed by atoms with E-state index in [1.54, 1.807) is 24.4 Å². The van der Waals surface area contributed by atoms with Crippen molar-refractivity contribution in [1.29, 1.82) is 0 Å². The number of fused-ring (bicyclic) bond motifs is 1. The van der Waals surface area contributed by atoms with Crippen molar-refractivity contribution in [2.24, 2.45) is 11.7 Å². The highest BCUT2D eigenvalue weighted by Gasteiger charge is 2.19. The number of piperidine rings is 1. The summed E-state index contributed by atoms with van der Waals surface area (Å²) in [5.41, 5.74) is 7.61. The van der Waals surface area contributed by atoms with Crippen LogP contribution in [-0.4, -0.2) is 29.5 Å². The molecule has 0 spiro atoms. The van der Waals surface area contributed by atoms with Gasteiger partial charge in [0.2, 0.25) is 0 Å².